The van der Waals surface area contributed by atoms with Crippen molar-refractivity contribution in [3.8, 4) is 0 Å². The number of thiazole rings is 1. The lowest BCUT2D eigenvalue weighted by Gasteiger charge is -2.17. The Morgan fingerprint density at radius 3 is 2.74 bits per heavy atom. The maximum absolute atomic E-state index is 11.8. The molecule has 0 aliphatic carbocycles. The van der Waals surface area contributed by atoms with Crippen LogP contribution in [0, 0.1) is 0 Å². The lowest BCUT2D eigenvalue weighted by molar-refractivity contribution is 0.251. The summed E-state index contributed by atoms with van der Waals surface area (Å²) in [6.45, 7) is 2.99. The monoisotopic (exact) mass is 356 g/mol. The standard InChI is InChI=1S/C14H20N4O3S2/c1-3-18(23(2,20)21)10-6-9-15-13(19)17-14-16-11-7-4-5-8-12(11)22-14/h4-5,7-8H,3,6,9-10H2,1-2H3,(H2,15,16,17,19). The third-order valence-corrected chi connectivity index (χ3v) is 5.54. The number of aromatic nitrogens is 1. The van der Waals surface area contributed by atoms with Crippen LogP contribution in [0.3, 0.4) is 0 Å². The maximum Gasteiger partial charge on any atom is 0.321 e. The van der Waals surface area contributed by atoms with Crippen LogP contribution in [0.25, 0.3) is 10.2 Å². The minimum absolute atomic E-state index is 0.341. The highest BCUT2D eigenvalue weighted by molar-refractivity contribution is 7.88. The Morgan fingerprint density at radius 1 is 1.35 bits per heavy atom. The number of hydrogen-bond acceptors (Lipinski definition) is 5. The van der Waals surface area contributed by atoms with Gasteiger partial charge in [0, 0.05) is 19.6 Å². The van der Waals surface area contributed by atoms with Gasteiger partial charge in [-0.1, -0.05) is 30.4 Å². The molecule has 0 atom stereocenters. The smallest absolute Gasteiger partial charge is 0.321 e. The largest absolute Gasteiger partial charge is 0.338 e. The first kappa shape index (κ1) is 17.6. The molecule has 0 saturated carbocycles. The van der Waals surface area contributed by atoms with E-state index < -0.39 is 10.0 Å². The molecule has 9 heteroatoms. The molecule has 0 bridgehead atoms. The molecular weight excluding hydrogens is 336 g/mol. The van der Waals surface area contributed by atoms with Crippen LogP contribution in [0.15, 0.2) is 24.3 Å². The van der Waals surface area contributed by atoms with E-state index in [0.29, 0.717) is 31.2 Å². The molecule has 0 fully saturated rings. The molecule has 0 saturated heterocycles. The van der Waals surface area contributed by atoms with Gasteiger partial charge in [0.25, 0.3) is 0 Å². The Balaban J connectivity index is 1.77. The minimum Gasteiger partial charge on any atom is -0.338 e. The normalized spacial score (nSPS) is 11.8. The highest BCUT2D eigenvalue weighted by Crippen LogP contribution is 2.25. The van der Waals surface area contributed by atoms with Gasteiger partial charge in [-0.2, -0.15) is 0 Å². The highest BCUT2D eigenvalue weighted by Gasteiger charge is 2.13. The van der Waals surface area contributed by atoms with Crippen LogP contribution in [-0.4, -0.2) is 49.6 Å². The Labute approximate surface area is 139 Å². The molecule has 1 heterocycles. The second-order valence-electron chi connectivity index (χ2n) is 4.98. The van der Waals surface area contributed by atoms with Crippen molar-refractivity contribution in [2.75, 3.05) is 31.2 Å². The van der Waals surface area contributed by atoms with Crippen LogP contribution in [0.2, 0.25) is 0 Å². The minimum atomic E-state index is -3.18. The van der Waals surface area contributed by atoms with Crippen LogP contribution >= 0.6 is 11.3 Å². The first-order chi connectivity index (χ1) is 10.9. The van der Waals surface area contributed by atoms with E-state index in [9.17, 15) is 13.2 Å². The molecule has 2 amide bonds. The number of para-hydroxylation sites is 1. The van der Waals surface area contributed by atoms with E-state index in [0.717, 1.165) is 10.2 Å². The molecule has 23 heavy (non-hydrogen) atoms. The number of nitrogens with zero attached hydrogens (tertiary/aromatic N) is 2. The number of amides is 2. The second kappa shape index (κ2) is 7.71. The van der Waals surface area contributed by atoms with Gasteiger partial charge in [-0.15, -0.1) is 0 Å². The zero-order valence-electron chi connectivity index (χ0n) is 13.1. The SMILES string of the molecule is CCN(CCCNC(=O)Nc1nc2ccccc2s1)S(C)(=O)=O. The number of carbonyl (C=O) groups is 1. The van der Waals surface area contributed by atoms with Crippen molar-refractivity contribution in [3.05, 3.63) is 24.3 Å². The Bertz CT molecular complexity index is 740. The third kappa shape index (κ3) is 5.15. The number of hydrogen-bond donors (Lipinski definition) is 2. The third-order valence-electron chi connectivity index (χ3n) is 3.21. The summed E-state index contributed by atoms with van der Waals surface area (Å²) in [7, 11) is -3.18. The molecular formula is C14H20N4O3S2. The molecule has 2 N–H and O–H groups in total. The highest BCUT2D eigenvalue weighted by atomic mass is 32.2. The first-order valence-electron chi connectivity index (χ1n) is 7.25. The summed E-state index contributed by atoms with van der Waals surface area (Å²) in [5.74, 6) is 0. The summed E-state index contributed by atoms with van der Waals surface area (Å²) in [6, 6.07) is 7.31. The van der Waals surface area contributed by atoms with E-state index in [4.69, 9.17) is 0 Å². The van der Waals surface area contributed by atoms with E-state index in [1.165, 1.54) is 21.9 Å². The second-order valence-corrected chi connectivity index (χ2v) is 7.99. The van der Waals surface area contributed by atoms with E-state index in [1.807, 2.05) is 24.3 Å². The zero-order chi connectivity index (χ0) is 16.9. The molecule has 0 radical (unpaired) electrons. The van der Waals surface area contributed by atoms with Gasteiger partial charge in [-0.25, -0.2) is 22.5 Å². The molecule has 0 aliphatic rings. The molecule has 7 nitrogen and oxygen atoms in total. The zero-order valence-corrected chi connectivity index (χ0v) is 14.7. The number of rotatable bonds is 7. The van der Waals surface area contributed by atoms with E-state index in [1.54, 1.807) is 6.92 Å². The van der Waals surface area contributed by atoms with Gasteiger partial charge in [0.2, 0.25) is 10.0 Å². The van der Waals surface area contributed by atoms with E-state index in [-0.39, 0.29) is 6.03 Å². The first-order valence-corrected chi connectivity index (χ1v) is 9.92. The van der Waals surface area contributed by atoms with E-state index >= 15 is 0 Å². The van der Waals surface area contributed by atoms with Crippen molar-refractivity contribution in [2.45, 2.75) is 13.3 Å². The summed E-state index contributed by atoms with van der Waals surface area (Å²) in [5.41, 5.74) is 0.847. The number of fused-ring (bicyclic) bond motifs is 1. The summed E-state index contributed by atoms with van der Waals surface area (Å²) < 4.78 is 25.3. The fourth-order valence-corrected chi connectivity index (χ4v) is 3.87. The number of nitrogens with one attached hydrogen (secondary N) is 2. The van der Waals surface area contributed by atoms with Gasteiger partial charge in [-0.3, -0.25) is 5.32 Å². The van der Waals surface area contributed by atoms with Gasteiger partial charge >= 0.3 is 6.03 Å². The van der Waals surface area contributed by atoms with Crippen molar-refractivity contribution in [2.24, 2.45) is 0 Å². The van der Waals surface area contributed by atoms with Gasteiger partial charge in [0.1, 0.15) is 0 Å². The Morgan fingerprint density at radius 2 is 2.09 bits per heavy atom. The summed E-state index contributed by atoms with van der Waals surface area (Å²) in [6.07, 6.45) is 1.73. The predicted molar refractivity (Wildman–Crippen MR) is 93.3 cm³/mol. The molecule has 1 aromatic carbocycles. The van der Waals surface area contributed by atoms with Crippen LogP contribution in [0.4, 0.5) is 9.93 Å². The number of urea groups is 1. The van der Waals surface area contributed by atoms with Crippen molar-refractivity contribution >= 4 is 42.7 Å². The van der Waals surface area contributed by atoms with Crippen LogP contribution < -0.4 is 10.6 Å². The maximum atomic E-state index is 11.8. The number of benzene rings is 1. The summed E-state index contributed by atoms with van der Waals surface area (Å²) in [4.78, 5) is 16.1. The molecule has 2 rings (SSSR count). The van der Waals surface area contributed by atoms with Crippen molar-refractivity contribution < 1.29 is 13.2 Å². The predicted octanol–water partition coefficient (Wildman–Crippen LogP) is 2.09. The number of anilines is 1. The van der Waals surface area contributed by atoms with Gasteiger partial charge in [0.15, 0.2) is 5.13 Å². The van der Waals surface area contributed by atoms with Crippen LogP contribution in [0.5, 0.6) is 0 Å². The molecule has 0 unspecified atom stereocenters. The van der Waals surface area contributed by atoms with Crippen molar-refractivity contribution in [1.82, 2.24) is 14.6 Å². The molecule has 1 aromatic heterocycles. The average Bonchev–Trinajstić information content (AvgIpc) is 2.87. The van der Waals surface area contributed by atoms with Gasteiger partial charge < -0.3 is 5.32 Å². The van der Waals surface area contributed by atoms with Gasteiger partial charge in [-0.05, 0) is 18.6 Å². The Kier molecular flexibility index (Phi) is 5.91. The quantitative estimate of drug-likeness (QED) is 0.743. The average molecular weight is 356 g/mol. The summed E-state index contributed by atoms with van der Waals surface area (Å²) in [5, 5.41) is 5.93. The van der Waals surface area contributed by atoms with Crippen molar-refractivity contribution in [1.29, 1.82) is 0 Å². The lowest BCUT2D eigenvalue weighted by atomic mass is 10.3. The lowest BCUT2D eigenvalue weighted by Crippen LogP contribution is -2.34. The fraction of sp³-hybridized carbons (Fsp3) is 0.429. The topological polar surface area (TPSA) is 91.4 Å². The molecule has 0 spiro atoms. The Hall–Kier alpha value is -1.71. The molecule has 0 aliphatic heterocycles. The van der Waals surface area contributed by atoms with E-state index in [2.05, 4.69) is 15.6 Å². The van der Waals surface area contributed by atoms with Crippen LogP contribution in [0.1, 0.15) is 13.3 Å². The molecule has 2 aromatic rings. The van der Waals surface area contributed by atoms with Crippen LogP contribution in [-0.2, 0) is 10.0 Å². The van der Waals surface area contributed by atoms with Gasteiger partial charge in [0.05, 0.1) is 16.5 Å². The summed E-state index contributed by atoms with van der Waals surface area (Å²) >= 11 is 1.41. The fourth-order valence-electron chi connectivity index (χ4n) is 2.08. The number of sulfonamides is 1. The number of carbonyl (C=O) groups excluding carboxylic acids is 1. The van der Waals surface area contributed by atoms with Crippen molar-refractivity contribution in [3.63, 3.8) is 0 Å². The molecule has 126 valence electrons.